The van der Waals surface area contributed by atoms with Crippen molar-refractivity contribution in [1.82, 2.24) is 19.8 Å². The van der Waals surface area contributed by atoms with Gasteiger partial charge in [0.25, 0.3) is 5.91 Å². The lowest BCUT2D eigenvalue weighted by Gasteiger charge is -2.54. The van der Waals surface area contributed by atoms with Gasteiger partial charge in [-0.3, -0.25) is 9.59 Å². The normalized spacial score (nSPS) is 19.3. The van der Waals surface area contributed by atoms with Crippen molar-refractivity contribution in [3.05, 3.63) is 33.2 Å². The van der Waals surface area contributed by atoms with Gasteiger partial charge in [-0.25, -0.2) is 9.97 Å². The van der Waals surface area contributed by atoms with Gasteiger partial charge in [-0.1, -0.05) is 0 Å². The number of carbonyl (C=O) groups is 2. The van der Waals surface area contributed by atoms with E-state index in [9.17, 15) is 9.59 Å². The average Bonchev–Trinajstić information content (AvgIpc) is 3.25. The third kappa shape index (κ3) is 2.95. The maximum absolute atomic E-state index is 12.5. The molecule has 8 heteroatoms. The van der Waals surface area contributed by atoms with Gasteiger partial charge in [-0.05, 0) is 12.8 Å². The number of hydrogen-bond donors (Lipinski definition) is 0. The van der Waals surface area contributed by atoms with E-state index in [1.807, 2.05) is 15.2 Å². The first-order valence-corrected chi connectivity index (χ1v) is 9.81. The Bertz CT molecular complexity index is 723. The third-order valence-electron chi connectivity index (χ3n) is 4.79. The van der Waals surface area contributed by atoms with Gasteiger partial charge in [0.2, 0.25) is 5.91 Å². The second-order valence-electron chi connectivity index (χ2n) is 6.56. The van der Waals surface area contributed by atoms with Crippen molar-refractivity contribution in [3.8, 4) is 0 Å². The first kappa shape index (κ1) is 15.7. The fourth-order valence-corrected chi connectivity index (χ4v) is 4.77. The summed E-state index contributed by atoms with van der Waals surface area (Å²) in [4.78, 5) is 36.9. The maximum atomic E-state index is 12.5. The Morgan fingerprint density at radius 2 is 2.04 bits per heavy atom. The fraction of sp³-hybridized carbons (Fsp3) is 0.500. The Morgan fingerprint density at radius 1 is 1.21 bits per heavy atom. The van der Waals surface area contributed by atoms with Crippen molar-refractivity contribution in [2.45, 2.75) is 19.3 Å². The Kier molecular flexibility index (Phi) is 4.09. The highest BCUT2D eigenvalue weighted by Gasteiger charge is 2.48. The molecule has 126 valence electrons. The topological polar surface area (TPSA) is 66.4 Å². The molecule has 0 saturated carbocycles. The number of nitrogens with zero attached hydrogens (tertiary/aromatic N) is 4. The molecular weight excluding hydrogens is 344 g/mol. The van der Waals surface area contributed by atoms with Crippen LogP contribution >= 0.6 is 22.7 Å². The Hall–Kier alpha value is -1.80. The lowest BCUT2D eigenvalue weighted by atomic mass is 9.73. The van der Waals surface area contributed by atoms with Crippen LogP contribution in [0.1, 0.15) is 28.3 Å². The number of aromatic nitrogens is 2. The second-order valence-corrected chi connectivity index (χ2v) is 8.25. The lowest BCUT2D eigenvalue weighted by Crippen LogP contribution is -2.65. The molecule has 2 aliphatic heterocycles. The van der Waals surface area contributed by atoms with E-state index in [4.69, 9.17) is 0 Å². The number of hydrogen-bond acceptors (Lipinski definition) is 6. The van der Waals surface area contributed by atoms with E-state index in [-0.39, 0.29) is 17.2 Å². The van der Waals surface area contributed by atoms with Crippen LogP contribution in [-0.2, 0) is 11.2 Å². The van der Waals surface area contributed by atoms with Gasteiger partial charge in [-0.15, -0.1) is 22.7 Å². The van der Waals surface area contributed by atoms with E-state index < -0.39 is 0 Å². The number of likely N-dealkylation sites (tertiary alicyclic amines) is 2. The number of carbonyl (C=O) groups excluding carboxylic acids is 2. The van der Waals surface area contributed by atoms with Crippen LogP contribution in [0.5, 0.6) is 0 Å². The van der Waals surface area contributed by atoms with Crippen LogP contribution in [0, 0.1) is 5.41 Å². The highest BCUT2D eigenvalue weighted by Crippen LogP contribution is 2.39. The van der Waals surface area contributed by atoms with Gasteiger partial charge in [0, 0.05) is 48.6 Å². The van der Waals surface area contributed by atoms with E-state index in [2.05, 4.69) is 9.97 Å². The van der Waals surface area contributed by atoms with Crippen LogP contribution in [0.4, 0.5) is 0 Å². The molecule has 2 aliphatic rings. The minimum atomic E-state index is 0.0166. The van der Waals surface area contributed by atoms with Crippen molar-refractivity contribution in [2.75, 3.05) is 26.2 Å². The van der Waals surface area contributed by atoms with Crippen LogP contribution in [-0.4, -0.2) is 57.8 Å². The van der Waals surface area contributed by atoms with E-state index in [1.54, 1.807) is 17.1 Å². The van der Waals surface area contributed by atoms with Crippen molar-refractivity contribution in [3.63, 3.8) is 0 Å². The Labute approximate surface area is 148 Å². The van der Waals surface area contributed by atoms with Crippen molar-refractivity contribution in [1.29, 1.82) is 0 Å². The van der Waals surface area contributed by atoms with E-state index >= 15 is 0 Å². The largest absolute Gasteiger partial charge is 0.341 e. The first-order chi connectivity index (χ1) is 11.7. The molecule has 2 aromatic heterocycles. The zero-order valence-electron chi connectivity index (χ0n) is 13.2. The van der Waals surface area contributed by atoms with Gasteiger partial charge in [0.1, 0.15) is 10.7 Å². The van der Waals surface area contributed by atoms with E-state index in [1.165, 1.54) is 22.7 Å². The molecule has 24 heavy (non-hydrogen) atoms. The molecule has 6 nitrogen and oxygen atoms in total. The molecule has 0 aliphatic carbocycles. The third-order valence-corrected chi connectivity index (χ3v) is 6.16. The molecular formula is C16H18N4O2S2. The number of thiazole rings is 2. The van der Waals surface area contributed by atoms with E-state index in [0.717, 1.165) is 44.0 Å². The zero-order chi connectivity index (χ0) is 16.6. The van der Waals surface area contributed by atoms with Crippen molar-refractivity contribution < 1.29 is 9.59 Å². The summed E-state index contributed by atoms with van der Waals surface area (Å²) in [6.45, 7) is 3.01. The second kappa shape index (κ2) is 6.25. The predicted octanol–water partition coefficient (Wildman–Crippen LogP) is 1.91. The molecule has 0 bridgehead atoms. The quantitative estimate of drug-likeness (QED) is 0.836. The molecule has 0 unspecified atom stereocenters. The molecule has 0 aromatic carbocycles. The molecule has 0 atom stereocenters. The van der Waals surface area contributed by atoms with Gasteiger partial charge in [0.15, 0.2) is 0 Å². The summed E-state index contributed by atoms with van der Waals surface area (Å²) < 4.78 is 0. The van der Waals surface area contributed by atoms with Crippen molar-refractivity contribution in [2.24, 2.45) is 5.41 Å². The number of amides is 2. The minimum absolute atomic E-state index is 0.0166. The maximum Gasteiger partial charge on any atom is 0.273 e. The van der Waals surface area contributed by atoms with Crippen LogP contribution in [0.2, 0.25) is 0 Å². The summed E-state index contributed by atoms with van der Waals surface area (Å²) in [5, 5.41) is 4.56. The van der Waals surface area contributed by atoms with Crippen molar-refractivity contribution >= 4 is 34.5 Å². The summed E-state index contributed by atoms with van der Waals surface area (Å²) in [6.07, 6.45) is 4.18. The molecule has 2 fully saturated rings. The summed E-state index contributed by atoms with van der Waals surface area (Å²) >= 11 is 2.96. The predicted molar refractivity (Wildman–Crippen MR) is 92.1 cm³/mol. The molecule has 2 aromatic rings. The zero-order valence-corrected chi connectivity index (χ0v) is 14.8. The standard InChI is InChI=1S/C16H18N4O2S2/c21-14(6-13-17-3-5-24-13)20-9-16(10-20)2-1-4-19(8-16)15(22)12-7-23-11-18-12/h3,5,7,11H,1-2,4,6,8-10H2. The van der Waals surface area contributed by atoms with Crippen LogP contribution in [0.3, 0.4) is 0 Å². The molecule has 1 spiro atoms. The van der Waals surface area contributed by atoms with Gasteiger partial charge >= 0.3 is 0 Å². The monoisotopic (exact) mass is 362 g/mol. The smallest absolute Gasteiger partial charge is 0.273 e. The van der Waals surface area contributed by atoms with Gasteiger partial charge in [-0.2, -0.15) is 0 Å². The summed E-state index contributed by atoms with van der Waals surface area (Å²) in [5.74, 6) is 0.154. The summed E-state index contributed by atoms with van der Waals surface area (Å²) in [7, 11) is 0. The van der Waals surface area contributed by atoms with Gasteiger partial charge < -0.3 is 9.80 Å². The summed E-state index contributed by atoms with van der Waals surface area (Å²) in [5.41, 5.74) is 2.30. The molecule has 4 rings (SSSR count). The highest BCUT2D eigenvalue weighted by atomic mass is 32.1. The molecule has 2 saturated heterocycles. The van der Waals surface area contributed by atoms with Crippen LogP contribution in [0.25, 0.3) is 0 Å². The van der Waals surface area contributed by atoms with E-state index in [0.29, 0.717) is 12.1 Å². The van der Waals surface area contributed by atoms with Gasteiger partial charge in [0.05, 0.1) is 11.9 Å². The number of rotatable bonds is 3. The Morgan fingerprint density at radius 3 is 2.75 bits per heavy atom. The fourth-order valence-electron chi connectivity index (χ4n) is 3.64. The number of piperidine rings is 1. The summed E-state index contributed by atoms with van der Waals surface area (Å²) in [6, 6.07) is 0. The Balaban J connectivity index is 1.35. The molecule has 2 amide bonds. The molecule has 0 radical (unpaired) electrons. The van der Waals surface area contributed by atoms with Crippen LogP contribution in [0.15, 0.2) is 22.5 Å². The molecule has 4 heterocycles. The highest BCUT2D eigenvalue weighted by molar-refractivity contribution is 7.09. The SMILES string of the molecule is O=C(Cc1nccs1)N1CC2(CCCN(C(=O)c3cscn3)C2)C1. The minimum Gasteiger partial charge on any atom is -0.341 e. The first-order valence-electron chi connectivity index (χ1n) is 7.99. The average molecular weight is 362 g/mol. The molecule has 0 N–H and O–H groups in total. The van der Waals surface area contributed by atoms with Crippen LogP contribution < -0.4 is 0 Å². The lowest BCUT2D eigenvalue weighted by molar-refractivity contribution is -0.145.